The molecule has 4 nitrogen and oxygen atoms in total. The molecule has 1 amide bonds. The van der Waals surface area contributed by atoms with Crippen molar-refractivity contribution in [1.29, 1.82) is 0 Å². The summed E-state index contributed by atoms with van der Waals surface area (Å²) in [5.41, 5.74) is 1.62. The van der Waals surface area contributed by atoms with Crippen molar-refractivity contribution in [3.05, 3.63) is 53.2 Å². The second-order valence-corrected chi connectivity index (χ2v) is 4.49. The largest absolute Gasteiger partial charge is 0.307 e. The summed E-state index contributed by atoms with van der Waals surface area (Å²) < 4.78 is 1.66. The van der Waals surface area contributed by atoms with Crippen molar-refractivity contribution in [2.75, 3.05) is 5.32 Å². The first kappa shape index (κ1) is 13.4. The number of aromatic nitrogens is 2. The van der Waals surface area contributed by atoms with Gasteiger partial charge in [0.2, 0.25) is 5.91 Å². The third kappa shape index (κ3) is 3.23. The van der Waals surface area contributed by atoms with Gasteiger partial charge in [0.25, 0.3) is 0 Å². The van der Waals surface area contributed by atoms with Crippen LogP contribution in [0.2, 0.25) is 5.02 Å². The Balaban J connectivity index is 2.38. The number of aryl methyl sites for hydroxylation is 1. The number of allylic oxidation sites excluding steroid dienone is 1. The number of halogens is 1. The summed E-state index contributed by atoms with van der Waals surface area (Å²) in [7, 11) is 0. The van der Waals surface area contributed by atoms with Crippen molar-refractivity contribution >= 4 is 23.3 Å². The molecule has 0 aliphatic heterocycles. The first-order valence-electron chi connectivity index (χ1n) is 5.86. The molecule has 0 saturated heterocycles. The van der Waals surface area contributed by atoms with Crippen molar-refractivity contribution in [3.63, 3.8) is 0 Å². The van der Waals surface area contributed by atoms with Gasteiger partial charge in [-0.15, -0.1) is 0 Å². The minimum atomic E-state index is -0.189. The smallest absolute Gasteiger partial charge is 0.249 e. The fraction of sp³-hybridized carbons (Fsp3) is 0.143. The standard InChI is InChI=1S/C14H14ClN3O/c1-3-5-14(19)16-13-8-10(2)17-18(13)12-7-4-6-11(15)9-12/h3-9H,1-2H3,(H,16,19)/b5-3+. The van der Waals surface area contributed by atoms with E-state index in [1.54, 1.807) is 29.8 Å². The second-order valence-electron chi connectivity index (χ2n) is 4.05. The Morgan fingerprint density at radius 2 is 2.21 bits per heavy atom. The molecule has 0 aliphatic carbocycles. The monoisotopic (exact) mass is 275 g/mol. The van der Waals surface area contributed by atoms with Crippen LogP contribution in [0.1, 0.15) is 12.6 Å². The van der Waals surface area contributed by atoms with Crippen molar-refractivity contribution in [3.8, 4) is 5.69 Å². The maximum atomic E-state index is 11.6. The average Bonchev–Trinajstić information content (AvgIpc) is 2.70. The maximum Gasteiger partial charge on any atom is 0.249 e. The molecule has 0 saturated carbocycles. The van der Waals surface area contributed by atoms with Gasteiger partial charge < -0.3 is 5.32 Å². The van der Waals surface area contributed by atoms with E-state index in [2.05, 4.69) is 10.4 Å². The highest BCUT2D eigenvalue weighted by Gasteiger charge is 2.09. The fourth-order valence-corrected chi connectivity index (χ4v) is 1.90. The number of nitrogens with zero attached hydrogens (tertiary/aromatic N) is 2. The molecule has 19 heavy (non-hydrogen) atoms. The van der Waals surface area contributed by atoms with Gasteiger partial charge in [-0.3, -0.25) is 4.79 Å². The zero-order chi connectivity index (χ0) is 13.8. The quantitative estimate of drug-likeness (QED) is 0.873. The van der Waals surface area contributed by atoms with Crippen LogP contribution in [0.25, 0.3) is 5.69 Å². The van der Waals surface area contributed by atoms with Gasteiger partial charge in [-0.1, -0.05) is 23.7 Å². The van der Waals surface area contributed by atoms with E-state index in [9.17, 15) is 4.79 Å². The fourth-order valence-electron chi connectivity index (χ4n) is 1.71. The summed E-state index contributed by atoms with van der Waals surface area (Å²) in [4.78, 5) is 11.6. The van der Waals surface area contributed by atoms with Crippen LogP contribution in [0.15, 0.2) is 42.5 Å². The van der Waals surface area contributed by atoms with Gasteiger partial charge in [-0.05, 0) is 38.1 Å². The topological polar surface area (TPSA) is 46.9 Å². The first-order chi connectivity index (χ1) is 9.10. The molecule has 0 fully saturated rings. The van der Waals surface area contributed by atoms with E-state index in [1.165, 1.54) is 6.08 Å². The van der Waals surface area contributed by atoms with E-state index in [0.717, 1.165) is 11.4 Å². The molecule has 1 aromatic carbocycles. The number of anilines is 1. The Morgan fingerprint density at radius 1 is 1.42 bits per heavy atom. The summed E-state index contributed by atoms with van der Waals surface area (Å²) in [5, 5.41) is 7.76. The van der Waals surface area contributed by atoms with Crippen molar-refractivity contribution in [2.45, 2.75) is 13.8 Å². The van der Waals surface area contributed by atoms with Crippen LogP contribution in [-0.4, -0.2) is 15.7 Å². The van der Waals surface area contributed by atoms with Crippen LogP contribution in [0.3, 0.4) is 0 Å². The van der Waals surface area contributed by atoms with Gasteiger partial charge in [0.1, 0.15) is 5.82 Å². The highest BCUT2D eigenvalue weighted by Crippen LogP contribution is 2.20. The minimum Gasteiger partial charge on any atom is -0.307 e. The van der Waals surface area contributed by atoms with Gasteiger partial charge in [0.15, 0.2) is 0 Å². The molecule has 0 spiro atoms. The summed E-state index contributed by atoms with van der Waals surface area (Å²) in [6.45, 7) is 3.66. The van der Waals surface area contributed by atoms with Gasteiger partial charge >= 0.3 is 0 Å². The van der Waals surface area contributed by atoms with E-state index in [0.29, 0.717) is 10.8 Å². The van der Waals surface area contributed by atoms with Crippen LogP contribution in [0, 0.1) is 6.92 Å². The van der Waals surface area contributed by atoms with Crippen LogP contribution in [0.4, 0.5) is 5.82 Å². The molecule has 98 valence electrons. The molecular formula is C14H14ClN3O. The van der Waals surface area contributed by atoms with Crippen LogP contribution in [-0.2, 0) is 4.79 Å². The van der Waals surface area contributed by atoms with E-state index in [1.807, 2.05) is 25.1 Å². The molecule has 1 N–H and O–H groups in total. The molecule has 0 bridgehead atoms. The van der Waals surface area contributed by atoms with Gasteiger partial charge in [0.05, 0.1) is 11.4 Å². The van der Waals surface area contributed by atoms with Crippen molar-refractivity contribution in [1.82, 2.24) is 9.78 Å². The Labute approximate surface area is 116 Å². The van der Waals surface area contributed by atoms with Gasteiger partial charge in [0, 0.05) is 11.1 Å². The zero-order valence-electron chi connectivity index (χ0n) is 10.7. The normalized spacial score (nSPS) is 10.9. The van der Waals surface area contributed by atoms with E-state index in [4.69, 9.17) is 11.6 Å². The van der Waals surface area contributed by atoms with E-state index >= 15 is 0 Å². The highest BCUT2D eigenvalue weighted by atomic mass is 35.5. The van der Waals surface area contributed by atoms with Crippen LogP contribution < -0.4 is 5.32 Å². The van der Waals surface area contributed by atoms with Gasteiger partial charge in [-0.2, -0.15) is 5.10 Å². The maximum absolute atomic E-state index is 11.6. The lowest BCUT2D eigenvalue weighted by Gasteiger charge is -2.07. The number of hydrogen-bond donors (Lipinski definition) is 1. The molecule has 1 heterocycles. The molecule has 1 aromatic heterocycles. The van der Waals surface area contributed by atoms with Crippen molar-refractivity contribution in [2.24, 2.45) is 0 Å². The number of benzene rings is 1. The van der Waals surface area contributed by atoms with Crippen LogP contribution in [0.5, 0.6) is 0 Å². The Kier molecular flexibility index (Phi) is 4.02. The number of hydrogen-bond acceptors (Lipinski definition) is 2. The summed E-state index contributed by atoms with van der Waals surface area (Å²) in [6, 6.07) is 9.11. The SMILES string of the molecule is C/C=C/C(=O)Nc1cc(C)nn1-c1cccc(Cl)c1. The zero-order valence-corrected chi connectivity index (χ0v) is 11.5. The van der Waals surface area contributed by atoms with E-state index in [-0.39, 0.29) is 5.91 Å². The molecule has 0 aliphatic rings. The minimum absolute atomic E-state index is 0.189. The number of nitrogens with one attached hydrogen (secondary N) is 1. The van der Waals surface area contributed by atoms with Crippen molar-refractivity contribution < 1.29 is 4.79 Å². The van der Waals surface area contributed by atoms with Gasteiger partial charge in [-0.25, -0.2) is 4.68 Å². The van der Waals surface area contributed by atoms with Crippen LogP contribution >= 0.6 is 11.6 Å². The Bertz CT molecular complexity index is 631. The predicted molar refractivity (Wildman–Crippen MR) is 76.8 cm³/mol. The highest BCUT2D eigenvalue weighted by molar-refractivity contribution is 6.30. The predicted octanol–water partition coefficient (Wildman–Crippen LogP) is 3.35. The molecule has 0 atom stereocenters. The number of carbonyl (C=O) groups is 1. The molecule has 0 unspecified atom stereocenters. The Morgan fingerprint density at radius 3 is 2.89 bits per heavy atom. The third-order valence-electron chi connectivity index (χ3n) is 2.45. The number of carbonyl (C=O) groups excluding carboxylic acids is 1. The summed E-state index contributed by atoms with van der Waals surface area (Å²) in [5.74, 6) is 0.425. The molecule has 0 radical (unpaired) electrons. The first-order valence-corrected chi connectivity index (χ1v) is 6.24. The molecule has 2 rings (SSSR count). The third-order valence-corrected chi connectivity index (χ3v) is 2.69. The Hall–Kier alpha value is -2.07. The average molecular weight is 276 g/mol. The molecule has 2 aromatic rings. The lowest BCUT2D eigenvalue weighted by Crippen LogP contribution is -2.12. The lowest BCUT2D eigenvalue weighted by atomic mass is 10.3. The number of rotatable bonds is 3. The summed E-state index contributed by atoms with van der Waals surface area (Å²) >= 11 is 5.97. The second kappa shape index (κ2) is 5.71. The van der Waals surface area contributed by atoms with E-state index < -0.39 is 0 Å². The summed E-state index contributed by atoms with van der Waals surface area (Å²) in [6.07, 6.45) is 3.15. The molecular weight excluding hydrogens is 262 g/mol. The molecule has 5 heteroatoms. The lowest BCUT2D eigenvalue weighted by molar-refractivity contribution is -0.111. The number of amides is 1.